The fraction of sp³-hybridized carbons (Fsp3) is 0.421. The van der Waals surface area contributed by atoms with Crippen LogP contribution in [0.5, 0.6) is 0 Å². The minimum atomic E-state index is 0.433. The van der Waals surface area contributed by atoms with E-state index in [2.05, 4.69) is 25.5 Å². The molecule has 1 saturated heterocycles. The zero-order valence-electron chi connectivity index (χ0n) is 14.4. The molecule has 7 nitrogen and oxygen atoms in total. The number of nitrogens with zero attached hydrogens (tertiary/aromatic N) is 4. The zero-order valence-corrected chi connectivity index (χ0v) is 14.4. The van der Waals surface area contributed by atoms with Crippen LogP contribution in [0, 0.1) is 0 Å². The van der Waals surface area contributed by atoms with E-state index in [1.165, 1.54) is 5.69 Å². The summed E-state index contributed by atoms with van der Waals surface area (Å²) in [5, 5.41) is 16.1. The van der Waals surface area contributed by atoms with Crippen LogP contribution >= 0.6 is 0 Å². The van der Waals surface area contributed by atoms with Crippen LogP contribution in [0.2, 0.25) is 0 Å². The van der Waals surface area contributed by atoms with Crippen molar-refractivity contribution in [1.29, 1.82) is 0 Å². The van der Waals surface area contributed by atoms with Crippen molar-refractivity contribution in [1.82, 2.24) is 25.5 Å². The first-order chi connectivity index (χ1) is 12.9. The van der Waals surface area contributed by atoms with Crippen LogP contribution in [0.4, 0.5) is 0 Å². The molecule has 0 bridgehead atoms. The second-order valence-corrected chi connectivity index (χ2v) is 7.09. The normalized spacial score (nSPS) is 22.8. The molecule has 1 N–H and O–H groups in total. The van der Waals surface area contributed by atoms with E-state index in [-0.39, 0.29) is 0 Å². The van der Waals surface area contributed by atoms with E-state index in [9.17, 15) is 0 Å². The molecule has 0 spiro atoms. The molecule has 1 saturated carbocycles. The predicted octanol–water partition coefficient (Wildman–Crippen LogP) is 2.54. The van der Waals surface area contributed by atoms with E-state index in [0.717, 1.165) is 43.1 Å². The minimum Gasteiger partial charge on any atom is -0.380 e. The van der Waals surface area contributed by atoms with Gasteiger partial charge in [-0.3, -0.25) is 0 Å². The summed E-state index contributed by atoms with van der Waals surface area (Å²) in [5.74, 6) is 1.27. The summed E-state index contributed by atoms with van der Waals surface area (Å²) in [6.45, 7) is 2.30. The highest BCUT2D eigenvalue weighted by Crippen LogP contribution is 2.35. The summed E-state index contributed by atoms with van der Waals surface area (Å²) in [6.07, 6.45) is 4.01. The van der Waals surface area contributed by atoms with Gasteiger partial charge in [-0.15, -0.1) is 5.10 Å². The summed E-state index contributed by atoms with van der Waals surface area (Å²) in [6, 6.07) is 13.0. The second kappa shape index (κ2) is 6.66. The van der Waals surface area contributed by atoms with Crippen molar-refractivity contribution in [3.63, 3.8) is 0 Å². The fourth-order valence-electron chi connectivity index (χ4n) is 3.57. The average molecular weight is 351 g/mol. The molecular weight excluding hydrogens is 330 g/mol. The first-order valence-corrected chi connectivity index (χ1v) is 9.09. The zero-order chi connectivity index (χ0) is 17.3. The molecule has 3 aromatic rings. The van der Waals surface area contributed by atoms with E-state index >= 15 is 0 Å². The Balaban J connectivity index is 1.14. The average Bonchev–Trinajstić information content (AvgIpc) is 3.23. The van der Waals surface area contributed by atoms with E-state index in [1.807, 2.05) is 42.6 Å². The first-order valence-electron chi connectivity index (χ1n) is 9.09. The lowest BCUT2D eigenvalue weighted by molar-refractivity contribution is 0.00297. The van der Waals surface area contributed by atoms with Crippen LogP contribution in [0.15, 0.2) is 47.1 Å². The van der Waals surface area contributed by atoms with Crippen molar-refractivity contribution in [2.45, 2.75) is 37.4 Å². The van der Waals surface area contributed by atoms with Gasteiger partial charge in [0.1, 0.15) is 0 Å². The molecule has 3 heterocycles. The first kappa shape index (κ1) is 15.7. The predicted molar refractivity (Wildman–Crippen MR) is 94.4 cm³/mol. The Morgan fingerprint density at radius 3 is 2.77 bits per heavy atom. The molecule has 26 heavy (non-hydrogen) atoms. The van der Waals surface area contributed by atoms with Gasteiger partial charge in [0.05, 0.1) is 36.8 Å². The van der Waals surface area contributed by atoms with Crippen LogP contribution in [0.1, 0.15) is 36.2 Å². The molecule has 0 radical (unpaired) electrons. The summed E-state index contributed by atoms with van der Waals surface area (Å²) < 4.78 is 12.8. The minimum absolute atomic E-state index is 0.433. The van der Waals surface area contributed by atoms with Crippen LogP contribution in [-0.2, 0) is 11.3 Å². The molecular formula is C19H21N5O2. The second-order valence-electron chi connectivity index (χ2n) is 7.09. The maximum atomic E-state index is 5.45. The van der Waals surface area contributed by atoms with Crippen LogP contribution in [0.25, 0.3) is 11.3 Å². The summed E-state index contributed by atoms with van der Waals surface area (Å²) >= 11 is 0. The molecule has 2 aromatic heterocycles. The third-order valence-corrected chi connectivity index (χ3v) is 5.31. The van der Waals surface area contributed by atoms with Crippen molar-refractivity contribution >= 4 is 0 Å². The highest BCUT2D eigenvalue weighted by atomic mass is 16.5. The molecule has 1 aliphatic heterocycles. The topological polar surface area (TPSA) is 78.0 Å². The smallest absolute Gasteiger partial charge is 0.167 e. The Bertz CT molecular complexity index is 865. The van der Waals surface area contributed by atoms with Gasteiger partial charge in [0.2, 0.25) is 0 Å². The SMILES string of the molecule is c1ccc(-c2cc(CNC3CC(n4nncc4C4COC4)C3)no2)cc1. The van der Waals surface area contributed by atoms with E-state index < -0.39 is 0 Å². The van der Waals surface area contributed by atoms with Crippen molar-refractivity contribution in [2.75, 3.05) is 13.2 Å². The maximum Gasteiger partial charge on any atom is 0.167 e. The van der Waals surface area contributed by atoms with Gasteiger partial charge in [0, 0.05) is 30.1 Å². The number of rotatable bonds is 6. The molecule has 134 valence electrons. The van der Waals surface area contributed by atoms with Gasteiger partial charge in [0.25, 0.3) is 0 Å². The lowest BCUT2D eigenvalue weighted by Crippen LogP contribution is -2.43. The highest BCUT2D eigenvalue weighted by Gasteiger charge is 2.35. The third-order valence-electron chi connectivity index (χ3n) is 5.31. The van der Waals surface area contributed by atoms with Crippen LogP contribution in [-0.4, -0.2) is 39.4 Å². The number of ether oxygens (including phenoxy) is 1. The Hall–Kier alpha value is -2.51. The summed E-state index contributed by atoms with van der Waals surface area (Å²) in [7, 11) is 0. The Kier molecular flexibility index (Phi) is 4.03. The standard InChI is InChI=1S/C19H21N5O2/c1-2-4-13(5-3-1)19-8-16(22-26-19)9-20-15-6-17(7-15)24-18(10-21-23-24)14-11-25-12-14/h1-5,8,10,14-15,17,20H,6-7,9,11-12H2. The molecule has 0 amide bonds. The van der Waals surface area contributed by atoms with Gasteiger partial charge in [-0.25, -0.2) is 4.68 Å². The highest BCUT2D eigenvalue weighted by molar-refractivity contribution is 5.56. The van der Waals surface area contributed by atoms with Gasteiger partial charge in [0.15, 0.2) is 5.76 Å². The Morgan fingerprint density at radius 1 is 1.15 bits per heavy atom. The number of hydrogen-bond donors (Lipinski definition) is 1. The van der Waals surface area contributed by atoms with Crippen molar-refractivity contribution < 1.29 is 9.26 Å². The van der Waals surface area contributed by atoms with E-state index in [4.69, 9.17) is 9.26 Å². The van der Waals surface area contributed by atoms with Crippen LogP contribution < -0.4 is 5.32 Å². The van der Waals surface area contributed by atoms with Crippen molar-refractivity contribution in [3.8, 4) is 11.3 Å². The molecule has 0 unspecified atom stereocenters. The summed E-state index contributed by atoms with van der Waals surface area (Å²) in [5.41, 5.74) is 3.19. The molecule has 0 atom stereocenters. The lowest BCUT2D eigenvalue weighted by atomic mass is 9.86. The van der Waals surface area contributed by atoms with Gasteiger partial charge in [-0.05, 0) is 12.8 Å². The van der Waals surface area contributed by atoms with E-state index in [0.29, 0.717) is 24.5 Å². The molecule has 2 fully saturated rings. The monoisotopic (exact) mass is 351 g/mol. The summed E-state index contributed by atoms with van der Waals surface area (Å²) in [4.78, 5) is 0. The van der Waals surface area contributed by atoms with Gasteiger partial charge >= 0.3 is 0 Å². The van der Waals surface area contributed by atoms with Crippen molar-refractivity contribution in [2.24, 2.45) is 0 Å². The van der Waals surface area contributed by atoms with E-state index in [1.54, 1.807) is 0 Å². The lowest BCUT2D eigenvalue weighted by Gasteiger charge is -2.38. The molecule has 1 aromatic carbocycles. The molecule has 7 heteroatoms. The van der Waals surface area contributed by atoms with Gasteiger partial charge in [-0.1, -0.05) is 40.7 Å². The van der Waals surface area contributed by atoms with Gasteiger partial charge in [-0.2, -0.15) is 0 Å². The van der Waals surface area contributed by atoms with Crippen molar-refractivity contribution in [3.05, 3.63) is 54.0 Å². The Labute approximate surface area is 151 Å². The third kappa shape index (κ3) is 2.93. The number of nitrogens with one attached hydrogen (secondary N) is 1. The maximum absolute atomic E-state index is 5.45. The molecule has 1 aliphatic carbocycles. The fourth-order valence-corrected chi connectivity index (χ4v) is 3.57. The number of hydrogen-bond acceptors (Lipinski definition) is 6. The Morgan fingerprint density at radius 2 is 2.00 bits per heavy atom. The quantitative estimate of drug-likeness (QED) is 0.735. The number of benzene rings is 1. The molecule has 2 aliphatic rings. The largest absolute Gasteiger partial charge is 0.380 e. The molecule has 5 rings (SSSR count). The van der Waals surface area contributed by atoms with Crippen LogP contribution in [0.3, 0.4) is 0 Å². The van der Waals surface area contributed by atoms with Gasteiger partial charge < -0.3 is 14.6 Å². The number of aromatic nitrogens is 4.